The van der Waals surface area contributed by atoms with Gasteiger partial charge in [-0.2, -0.15) is 0 Å². The molecule has 0 saturated heterocycles. The summed E-state index contributed by atoms with van der Waals surface area (Å²) < 4.78 is 0. The van der Waals surface area contributed by atoms with Crippen LogP contribution in [-0.2, 0) is 22.4 Å². The smallest absolute Gasteiger partial charge is 0.00506 e. The second-order valence-electron chi connectivity index (χ2n) is 1.91. The Balaban J connectivity index is -0.000000127. The summed E-state index contributed by atoms with van der Waals surface area (Å²) in [6.07, 6.45) is 16.6. The van der Waals surface area contributed by atoms with Gasteiger partial charge in [0.25, 0.3) is 0 Å². The van der Waals surface area contributed by atoms with E-state index >= 15 is 0 Å². The van der Waals surface area contributed by atoms with Crippen molar-refractivity contribution in [3.8, 4) is 0 Å². The Hall–Kier alpha value is -0.820. The Bertz CT molecular complexity index is 163. The van der Waals surface area contributed by atoms with Crippen LogP contribution in [0, 0.1) is 6.42 Å². The molecule has 0 spiro atoms. The van der Waals surface area contributed by atoms with Crippen LogP contribution >= 0.6 is 0 Å². The van der Waals surface area contributed by atoms with Crippen LogP contribution in [0.15, 0.2) is 74.9 Å². The fourth-order valence-corrected chi connectivity index (χ4v) is 0.321. The monoisotopic (exact) mass is 354 g/mol. The maximum Gasteiger partial charge on any atom is 0.00506 e. The van der Waals surface area contributed by atoms with Crippen LogP contribution in [0.1, 0.15) is 0 Å². The van der Waals surface area contributed by atoms with Gasteiger partial charge in [0, 0.05) is 28.8 Å². The van der Waals surface area contributed by atoms with Gasteiger partial charge in [-0.1, -0.05) is 74.9 Å². The summed E-state index contributed by atoms with van der Waals surface area (Å²) in [5, 5.41) is 0. The average molecular weight is 354 g/mol. The van der Waals surface area contributed by atoms with Crippen LogP contribution < -0.4 is 0 Å². The Kier molecular flexibility index (Phi) is 30.7. The second-order valence-corrected chi connectivity index (χ2v) is 1.91. The van der Waals surface area contributed by atoms with Gasteiger partial charge in [0.2, 0.25) is 0 Å². The Labute approximate surface area is 104 Å². The minimum atomic E-state index is 0. The van der Waals surface area contributed by atoms with E-state index in [4.69, 9.17) is 0 Å². The van der Waals surface area contributed by atoms with E-state index in [2.05, 4.69) is 26.3 Å². The second kappa shape index (κ2) is 22.8. The van der Waals surface area contributed by atoms with Gasteiger partial charge in [0.1, 0.15) is 0 Å². The third-order valence-electron chi connectivity index (χ3n) is 0.889. The minimum Gasteiger partial charge on any atom is -0.0991 e. The minimum absolute atomic E-state index is 0. The third kappa shape index (κ3) is 30.3. The molecule has 0 aromatic heterocycles. The van der Waals surface area contributed by atoms with Crippen molar-refractivity contribution in [2.45, 2.75) is 0 Å². The van der Waals surface area contributed by atoms with E-state index < -0.39 is 0 Å². The van der Waals surface area contributed by atoms with Crippen molar-refractivity contribution in [3.05, 3.63) is 81.3 Å². The summed E-state index contributed by atoms with van der Waals surface area (Å²) in [6, 6.07) is 0. The zero-order valence-electron chi connectivity index (χ0n) is 8.47. The van der Waals surface area contributed by atoms with Crippen molar-refractivity contribution in [1.29, 1.82) is 0 Å². The topological polar surface area (TPSA) is 0 Å². The van der Waals surface area contributed by atoms with Gasteiger partial charge in [0.05, 0.1) is 0 Å². The van der Waals surface area contributed by atoms with Crippen molar-refractivity contribution in [1.82, 2.24) is 0 Å². The summed E-state index contributed by atoms with van der Waals surface area (Å²) in [5.74, 6) is 0. The molecule has 0 fully saturated rings. The standard InChI is InChI=1S/C5H5.2C4H6.Ta/c1-2-4-5-3-1;2*1-3-4-2;/h1-5H;2*3-4H,1-2H2;. The summed E-state index contributed by atoms with van der Waals surface area (Å²) in [5.41, 5.74) is 0. The largest absolute Gasteiger partial charge is 0.0991 e. The fraction of sp³-hybridized carbons (Fsp3) is 0. The van der Waals surface area contributed by atoms with E-state index in [0.717, 1.165) is 0 Å². The summed E-state index contributed by atoms with van der Waals surface area (Å²) in [6.45, 7) is 13.4. The van der Waals surface area contributed by atoms with Crippen LogP contribution in [0.5, 0.6) is 0 Å². The zero-order valence-corrected chi connectivity index (χ0v) is 11.7. The first-order chi connectivity index (χ1) is 6.33. The molecule has 0 aromatic rings. The quantitative estimate of drug-likeness (QED) is 0.657. The van der Waals surface area contributed by atoms with Crippen LogP contribution in [0.2, 0.25) is 0 Å². The molecule has 0 aromatic carbocycles. The average Bonchev–Trinajstić information content (AvgIpc) is 2.76. The normalized spacial score (nSPS) is 9.14. The predicted molar refractivity (Wildman–Crippen MR) is 63.4 cm³/mol. The Morgan fingerprint density at radius 1 is 0.571 bits per heavy atom. The molecule has 0 aliphatic heterocycles. The first-order valence-electron chi connectivity index (χ1n) is 3.97. The number of allylic oxidation sites excluding steroid dienone is 8. The Morgan fingerprint density at radius 2 is 0.857 bits per heavy atom. The molecule has 2 radical (unpaired) electrons. The molecule has 0 heterocycles. The number of rotatable bonds is 2. The predicted octanol–water partition coefficient (Wildman–Crippen LogP) is 4.03. The molecular formula is C13H17Ta. The molecule has 0 nitrogen and oxygen atoms in total. The van der Waals surface area contributed by atoms with Gasteiger partial charge in [0.15, 0.2) is 0 Å². The summed E-state index contributed by atoms with van der Waals surface area (Å²) in [7, 11) is 0. The van der Waals surface area contributed by atoms with Crippen molar-refractivity contribution >= 4 is 0 Å². The molecule has 14 heavy (non-hydrogen) atoms. The molecule has 1 aliphatic carbocycles. The van der Waals surface area contributed by atoms with Gasteiger partial charge in [-0.05, 0) is 0 Å². The van der Waals surface area contributed by atoms with Crippen LogP contribution in [-0.4, -0.2) is 0 Å². The van der Waals surface area contributed by atoms with E-state index in [0.29, 0.717) is 0 Å². The van der Waals surface area contributed by atoms with Crippen molar-refractivity contribution in [2.24, 2.45) is 0 Å². The zero-order chi connectivity index (χ0) is 10.4. The molecule has 0 atom stereocenters. The molecule has 1 heteroatoms. The molecule has 0 saturated carbocycles. The molecule has 1 aliphatic rings. The Morgan fingerprint density at radius 3 is 0.929 bits per heavy atom. The first-order valence-corrected chi connectivity index (χ1v) is 3.97. The van der Waals surface area contributed by atoms with Gasteiger partial charge < -0.3 is 0 Å². The maximum absolute atomic E-state index is 3.36. The first kappa shape index (κ1) is 18.9. The summed E-state index contributed by atoms with van der Waals surface area (Å²) in [4.78, 5) is 0. The van der Waals surface area contributed by atoms with E-state index in [1.54, 1.807) is 24.3 Å². The van der Waals surface area contributed by atoms with Gasteiger partial charge in [-0.25, -0.2) is 0 Å². The van der Waals surface area contributed by atoms with Gasteiger partial charge in [-0.15, -0.1) is 0 Å². The molecule has 0 unspecified atom stereocenters. The molecular weight excluding hydrogens is 337 g/mol. The summed E-state index contributed by atoms with van der Waals surface area (Å²) >= 11 is 0. The van der Waals surface area contributed by atoms with E-state index in [9.17, 15) is 0 Å². The maximum atomic E-state index is 3.36. The van der Waals surface area contributed by atoms with E-state index in [1.807, 2.05) is 30.7 Å². The van der Waals surface area contributed by atoms with Crippen molar-refractivity contribution in [2.75, 3.05) is 0 Å². The van der Waals surface area contributed by atoms with Crippen LogP contribution in [0.25, 0.3) is 0 Å². The van der Waals surface area contributed by atoms with Crippen LogP contribution in [0.4, 0.5) is 0 Å². The SMILES string of the molecule is C=CC=C.C=CC=C.[CH]1C=CC=C1.[Ta]. The van der Waals surface area contributed by atoms with E-state index in [1.165, 1.54) is 0 Å². The van der Waals surface area contributed by atoms with Gasteiger partial charge >= 0.3 is 0 Å². The third-order valence-corrected chi connectivity index (χ3v) is 0.889. The van der Waals surface area contributed by atoms with Crippen molar-refractivity contribution in [3.63, 3.8) is 0 Å². The molecule has 74 valence electrons. The van der Waals surface area contributed by atoms with Crippen LogP contribution in [0.3, 0.4) is 0 Å². The van der Waals surface area contributed by atoms with Gasteiger partial charge in [-0.3, -0.25) is 0 Å². The fourth-order valence-electron chi connectivity index (χ4n) is 0.321. The molecule has 0 N–H and O–H groups in total. The number of hydrogen-bond acceptors (Lipinski definition) is 0. The van der Waals surface area contributed by atoms with E-state index in [-0.39, 0.29) is 22.4 Å². The molecule has 0 amide bonds. The number of hydrogen-bond donors (Lipinski definition) is 0. The van der Waals surface area contributed by atoms with Crippen molar-refractivity contribution < 1.29 is 22.4 Å². The molecule has 0 bridgehead atoms. The molecule has 1 rings (SSSR count).